The summed E-state index contributed by atoms with van der Waals surface area (Å²) in [7, 11) is 1.71. The van der Waals surface area contributed by atoms with Crippen LogP contribution in [0.1, 0.15) is 31.8 Å². The third kappa shape index (κ3) is 3.51. The van der Waals surface area contributed by atoms with Crippen molar-refractivity contribution in [1.82, 2.24) is 0 Å². The third-order valence-corrected chi connectivity index (χ3v) is 4.60. The highest BCUT2D eigenvalue weighted by molar-refractivity contribution is 6.31. The van der Waals surface area contributed by atoms with Crippen molar-refractivity contribution in [3.63, 3.8) is 0 Å². The van der Waals surface area contributed by atoms with Crippen molar-refractivity contribution in [3.05, 3.63) is 87.0 Å². The van der Waals surface area contributed by atoms with E-state index in [9.17, 15) is 19.7 Å². The minimum Gasteiger partial charge on any atom is -0.506 e. The van der Waals surface area contributed by atoms with Gasteiger partial charge in [0.15, 0.2) is 11.6 Å². The number of nitro benzene ring substituents is 1. The molecule has 9 heteroatoms. The van der Waals surface area contributed by atoms with E-state index in [1.807, 2.05) is 0 Å². The number of fused-ring (bicyclic) bond motifs is 2. The highest BCUT2D eigenvalue weighted by Gasteiger charge is 2.32. The lowest BCUT2D eigenvalue weighted by molar-refractivity contribution is -0.384. The van der Waals surface area contributed by atoms with Crippen LogP contribution in [-0.4, -0.2) is 28.6 Å². The van der Waals surface area contributed by atoms with Crippen LogP contribution < -0.4 is 16.8 Å². The van der Waals surface area contributed by atoms with Crippen molar-refractivity contribution >= 4 is 34.3 Å². The normalized spacial score (nSPS) is 11.6. The summed E-state index contributed by atoms with van der Waals surface area (Å²) in [6.45, 7) is 0. The van der Waals surface area contributed by atoms with E-state index in [0.29, 0.717) is 33.6 Å². The van der Waals surface area contributed by atoms with Gasteiger partial charge in [0.2, 0.25) is 0 Å². The van der Waals surface area contributed by atoms with Gasteiger partial charge in [0.1, 0.15) is 5.75 Å². The Hall–Kier alpha value is -4.40. The molecule has 4 rings (SSSR count). The van der Waals surface area contributed by atoms with E-state index in [4.69, 9.17) is 16.6 Å². The molecular weight excluding hydrogens is 388 g/mol. The number of nitrogens with zero attached hydrogens (tertiary/aromatic N) is 1. The molecule has 0 atom stereocenters. The second-order valence-corrected chi connectivity index (χ2v) is 6.41. The number of ketones is 2. The lowest BCUT2D eigenvalue weighted by Crippen LogP contribution is -2.23. The molecule has 0 radical (unpaired) electrons. The van der Waals surface area contributed by atoms with Crippen molar-refractivity contribution < 1.29 is 19.6 Å². The second-order valence-electron chi connectivity index (χ2n) is 6.41. The van der Waals surface area contributed by atoms with Crippen LogP contribution in [0.3, 0.4) is 0 Å². The van der Waals surface area contributed by atoms with Crippen LogP contribution in [0.2, 0.25) is 0 Å². The summed E-state index contributed by atoms with van der Waals surface area (Å²) in [4.78, 5) is 34.5. The van der Waals surface area contributed by atoms with Crippen molar-refractivity contribution in [2.75, 3.05) is 23.8 Å². The summed E-state index contributed by atoms with van der Waals surface area (Å²) < 4.78 is 0. The standard InChI is InChI=1S/C15H12N2O2.C6H6N2O3/c1-17-11-7-6-10(16)12-13(11)15(19)9-5-3-2-4-8(9)14(12)18;7-5-2-1-4(8(10)11)3-6(5)9/h2-7,17H,16H2,1H3;1-3,9H,7H2. The van der Waals surface area contributed by atoms with Gasteiger partial charge in [0.05, 0.1) is 27.8 Å². The fourth-order valence-corrected chi connectivity index (χ4v) is 3.10. The first-order valence-electron chi connectivity index (χ1n) is 8.77. The Balaban J connectivity index is 0.000000199. The van der Waals surface area contributed by atoms with Gasteiger partial charge in [0.25, 0.3) is 5.69 Å². The minimum atomic E-state index is -0.598. The summed E-state index contributed by atoms with van der Waals surface area (Å²) in [5, 5.41) is 22.0. The Morgan fingerprint density at radius 3 is 2.00 bits per heavy atom. The van der Waals surface area contributed by atoms with Gasteiger partial charge in [-0.1, -0.05) is 24.3 Å². The number of hydrogen-bond acceptors (Lipinski definition) is 8. The highest BCUT2D eigenvalue weighted by Crippen LogP contribution is 2.35. The van der Waals surface area contributed by atoms with E-state index in [2.05, 4.69) is 5.32 Å². The van der Waals surface area contributed by atoms with Gasteiger partial charge in [0, 0.05) is 35.6 Å². The van der Waals surface area contributed by atoms with Crippen molar-refractivity contribution in [1.29, 1.82) is 0 Å². The van der Waals surface area contributed by atoms with E-state index >= 15 is 0 Å². The number of nitrogen functional groups attached to an aromatic ring is 2. The molecule has 3 aromatic carbocycles. The number of nitro groups is 1. The average Bonchev–Trinajstić information content (AvgIpc) is 2.74. The largest absolute Gasteiger partial charge is 0.506 e. The first kappa shape index (κ1) is 20.3. The number of phenols is 1. The number of aromatic hydroxyl groups is 1. The molecule has 30 heavy (non-hydrogen) atoms. The van der Waals surface area contributed by atoms with Crippen molar-refractivity contribution in [3.8, 4) is 5.75 Å². The Bertz CT molecular complexity index is 1190. The van der Waals surface area contributed by atoms with E-state index in [0.717, 1.165) is 6.07 Å². The molecule has 0 amide bonds. The number of phenolic OH excluding ortho intramolecular Hbond substituents is 1. The fourth-order valence-electron chi connectivity index (χ4n) is 3.10. The maximum Gasteiger partial charge on any atom is 0.273 e. The first-order chi connectivity index (χ1) is 14.3. The smallest absolute Gasteiger partial charge is 0.273 e. The van der Waals surface area contributed by atoms with Crippen LogP contribution in [0.25, 0.3) is 0 Å². The molecule has 0 spiro atoms. The van der Waals surface area contributed by atoms with Crippen LogP contribution in [0.15, 0.2) is 54.6 Å². The van der Waals surface area contributed by atoms with Gasteiger partial charge in [-0.05, 0) is 18.2 Å². The molecule has 3 aromatic rings. The Labute approximate surface area is 171 Å². The highest BCUT2D eigenvalue weighted by atomic mass is 16.6. The zero-order chi connectivity index (χ0) is 22.0. The van der Waals surface area contributed by atoms with Gasteiger partial charge in [-0.2, -0.15) is 0 Å². The SMILES string of the molecule is CNc1ccc(N)c2c1C(=O)c1ccccc1C2=O.Nc1ccc([N+](=O)[O-])cc1O. The number of benzene rings is 3. The van der Waals surface area contributed by atoms with E-state index in [1.165, 1.54) is 12.1 Å². The molecular formula is C21H18N4O5. The molecule has 0 bridgehead atoms. The Morgan fingerprint density at radius 2 is 1.47 bits per heavy atom. The lowest BCUT2D eigenvalue weighted by Gasteiger charge is -2.21. The molecule has 6 N–H and O–H groups in total. The van der Waals surface area contributed by atoms with Crippen LogP contribution in [0.4, 0.5) is 22.7 Å². The average molecular weight is 406 g/mol. The van der Waals surface area contributed by atoms with Gasteiger partial charge in [-0.25, -0.2) is 0 Å². The van der Waals surface area contributed by atoms with Crippen LogP contribution in [0.5, 0.6) is 5.75 Å². The maximum atomic E-state index is 12.5. The van der Waals surface area contributed by atoms with Gasteiger partial charge < -0.3 is 21.9 Å². The molecule has 0 aliphatic heterocycles. The monoisotopic (exact) mass is 406 g/mol. The van der Waals surface area contributed by atoms with Crippen molar-refractivity contribution in [2.24, 2.45) is 0 Å². The number of rotatable bonds is 2. The number of anilines is 3. The predicted octanol–water partition coefficient (Wildman–Crippen LogP) is 2.97. The summed E-state index contributed by atoms with van der Waals surface area (Å²) in [6.07, 6.45) is 0. The number of carbonyl (C=O) groups is 2. The first-order valence-corrected chi connectivity index (χ1v) is 8.77. The summed E-state index contributed by atoms with van der Waals surface area (Å²) in [6, 6.07) is 13.7. The molecule has 0 unspecified atom stereocenters. The minimum absolute atomic E-state index is 0.135. The van der Waals surface area contributed by atoms with Gasteiger partial charge in [-0.3, -0.25) is 19.7 Å². The zero-order valence-corrected chi connectivity index (χ0v) is 15.9. The third-order valence-electron chi connectivity index (χ3n) is 4.60. The molecule has 9 nitrogen and oxygen atoms in total. The van der Waals surface area contributed by atoms with E-state index in [-0.39, 0.29) is 28.7 Å². The van der Waals surface area contributed by atoms with Crippen LogP contribution in [0, 0.1) is 10.1 Å². The predicted molar refractivity (Wildman–Crippen MR) is 113 cm³/mol. The molecule has 0 saturated carbocycles. The molecule has 152 valence electrons. The molecule has 0 aromatic heterocycles. The molecule has 0 saturated heterocycles. The van der Waals surface area contributed by atoms with Crippen LogP contribution >= 0.6 is 0 Å². The number of nitrogens with one attached hydrogen (secondary N) is 1. The molecule has 0 heterocycles. The molecule has 1 aliphatic carbocycles. The summed E-state index contributed by atoms with van der Waals surface area (Å²) in [5.41, 5.74) is 13.5. The van der Waals surface area contributed by atoms with Crippen molar-refractivity contribution in [2.45, 2.75) is 0 Å². The second kappa shape index (κ2) is 7.92. The van der Waals surface area contributed by atoms with Gasteiger partial charge >= 0.3 is 0 Å². The summed E-state index contributed by atoms with van der Waals surface area (Å²) in [5.74, 6) is -0.624. The topological polar surface area (TPSA) is 162 Å². The Kier molecular flexibility index (Phi) is 5.37. The Morgan fingerprint density at radius 1 is 0.900 bits per heavy atom. The van der Waals surface area contributed by atoms with E-state index < -0.39 is 4.92 Å². The summed E-state index contributed by atoms with van der Waals surface area (Å²) >= 11 is 0. The van der Waals surface area contributed by atoms with E-state index in [1.54, 1.807) is 43.4 Å². The zero-order valence-electron chi connectivity index (χ0n) is 15.9. The quantitative estimate of drug-likeness (QED) is 0.171. The molecule has 0 fully saturated rings. The number of non-ortho nitro benzene ring substituents is 1. The van der Waals surface area contributed by atoms with Gasteiger partial charge in [-0.15, -0.1) is 0 Å². The number of nitrogens with two attached hydrogens (primary N) is 2. The number of carbonyl (C=O) groups excluding carboxylic acids is 2. The maximum absolute atomic E-state index is 12.5. The van der Waals surface area contributed by atoms with Crippen LogP contribution in [-0.2, 0) is 0 Å². The number of hydrogen-bond donors (Lipinski definition) is 4. The molecule has 1 aliphatic rings. The fraction of sp³-hybridized carbons (Fsp3) is 0.0476. The lowest BCUT2D eigenvalue weighted by atomic mass is 9.82.